The summed E-state index contributed by atoms with van der Waals surface area (Å²) < 4.78 is 48.5. The van der Waals surface area contributed by atoms with Gasteiger partial charge in [0.05, 0.1) is 6.61 Å². The molecule has 0 fully saturated rings. The van der Waals surface area contributed by atoms with Crippen LogP contribution >= 0.6 is 0 Å². The fraction of sp³-hybridized carbons (Fsp3) is 0.286. The van der Waals surface area contributed by atoms with Crippen LogP contribution in [0.4, 0.5) is 17.6 Å². The first-order valence-electron chi connectivity index (χ1n) is 3.28. The van der Waals surface area contributed by atoms with E-state index in [2.05, 4.69) is 4.98 Å². The van der Waals surface area contributed by atoms with Gasteiger partial charge in [-0.1, -0.05) is 0 Å². The largest absolute Gasteiger partial charge is 0.433 e. The molecule has 13 heavy (non-hydrogen) atoms. The highest BCUT2D eigenvalue weighted by molar-refractivity contribution is 5.14. The van der Waals surface area contributed by atoms with E-state index >= 15 is 0 Å². The van der Waals surface area contributed by atoms with Crippen molar-refractivity contribution >= 4 is 0 Å². The Morgan fingerprint density at radius 2 is 1.92 bits per heavy atom. The van der Waals surface area contributed by atoms with Gasteiger partial charge in [-0.3, -0.25) is 0 Å². The Morgan fingerprint density at radius 1 is 1.31 bits per heavy atom. The number of halogens is 4. The van der Waals surface area contributed by atoms with E-state index < -0.39 is 30.0 Å². The number of nitrogens with zero attached hydrogens (tertiary/aromatic N) is 1. The van der Waals surface area contributed by atoms with Crippen molar-refractivity contribution in [3.05, 3.63) is 29.3 Å². The highest BCUT2D eigenvalue weighted by Gasteiger charge is 2.32. The van der Waals surface area contributed by atoms with Crippen molar-refractivity contribution in [3.63, 3.8) is 0 Å². The van der Waals surface area contributed by atoms with Crippen LogP contribution in [-0.2, 0) is 12.8 Å². The lowest BCUT2D eigenvalue weighted by Gasteiger charge is -2.06. The first-order valence-corrected chi connectivity index (χ1v) is 3.28. The molecule has 0 radical (unpaired) electrons. The number of hydrogen-bond acceptors (Lipinski definition) is 2. The third-order valence-corrected chi connectivity index (χ3v) is 1.36. The molecule has 1 heterocycles. The summed E-state index contributed by atoms with van der Waals surface area (Å²) in [6.07, 6.45) is -4.61. The van der Waals surface area contributed by atoms with E-state index in [1.807, 2.05) is 0 Å². The maximum atomic E-state index is 12.6. The van der Waals surface area contributed by atoms with Crippen LogP contribution in [0.2, 0.25) is 0 Å². The molecule has 1 rings (SSSR count). The Balaban J connectivity index is 3.14. The van der Waals surface area contributed by atoms with Crippen LogP contribution < -0.4 is 0 Å². The molecule has 0 aliphatic carbocycles. The molecule has 0 aliphatic heterocycles. The summed E-state index contributed by atoms with van der Waals surface area (Å²) in [4.78, 5) is 2.91. The predicted molar refractivity (Wildman–Crippen MR) is 35.1 cm³/mol. The minimum absolute atomic E-state index is 0.522. The minimum atomic E-state index is -4.61. The van der Waals surface area contributed by atoms with Gasteiger partial charge in [-0.25, -0.2) is 9.37 Å². The van der Waals surface area contributed by atoms with Gasteiger partial charge in [0, 0.05) is 0 Å². The number of pyridine rings is 1. The van der Waals surface area contributed by atoms with E-state index in [4.69, 9.17) is 5.11 Å². The standard InChI is InChI=1S/C7H5F4NO/c8-4-1-2-6(7(9,10)11)12-5(4)3-13/h1-2,13H,3H2. The maximum absolute atomic E-state index is 12.6. The van der Waals surface area contributed by atoms with Gasteiger partial charge in [0.15, 0.2) is 0 Å². The lowest BCUT2D eigenvalue weighted by atomic mass is 10.3. The van der Waals surface area contributed by atoms with Crippen LogP contribution in [0.5, 0.6) is 0 Å². The van der Waals surface area contributed by atoms with E-state index in [1.54, 1.807) is 0 Å². The van der Waals surface area contributed by atoms with Crippen LogP contribution in [0, 0.1) is 5.82 Å². The topological polar surface area (TPSA) is 33.1 Å². The van der Waals surface area contributed by atoms with Crippen molar-refractivity contribution in [1.82, 2.24) is 4.98 Å². The van der Waals surface area contributed by atoms with Gasteiger partial charge in [-0.05, 0) is 12.1 Å². The van der Waals surface area contributed by atoms with Gasteiger partial charge in [0.1, 0.15) is 17.2 Å². The van der Waals surface area contributed by atoms with Crippen LogP contribution in [0.25, 0.3) is 0 Å². The van der Waals surface area contributed by atoms with Gasteiger partial charge in [-0.15, -0.1) is 0 Å². The second-order valence-corrected chi connectivity index (χ2v) is 2.28. The summed E-state index contributed by atoms with van der Waals surface area (Å²) in [5.74, 6) is -0.949. The smallest absolute Gasteiger partial charge is 0.390 e. The molecule has 0 spiro atoms. The fourth-order valence-electron chi connectivity index (χ4n) is 0.753. The second kappa shape index (κ2) is 3.29. The monoisotopic (exact) mass is 195 g/mol. The van der Waals surface area contributed by atoms with Crippen molar-refractivity contribution < 1.29 is 22.7 Å². The average Bonchev–Trinajstić information content (AvgIpc) is 2.03. The highest BCUT2D eigenvalue weighted by Crippen LogP contribution is 2.27. The Kier molecular flexibility index (Phi) is 2.51. The molecule has 0 atom stereocenters. The van der Waals surface area contributed by atoms with Crippen molar-refractivity contribution in [2.24, 2.45) is 0 Å². The van der Waals surface area contributed by atoms with Crippen LogP contribution in [0.1, 0.15) is 11.4 Å². The van der Waals surface area contributed by atoms with Crippen LogP contribution in [-0.4, -0.2) is 10.1 Å². The first kappa shape index (κ1) is 9.91. The SMILES string of the molecule is OCc1nc(C(F)(F)F)ccc1F. The third-order valence-electron chi connectivity index (χ3n) is 1.36. The summed E-state index contributed by atoms with van der Waals surface area (Å²) >= 11 is 0. The number of alkyl halides is 3. The van der Waals surface area contributed by atoms with Gasteiger partial charge in [-0.2, -0.15) is 13.2 Å². The highest BCUT2D eigenvalue weighted by atomic mass is 19.4. The van der Waals surface area contributed by atoms with Crippen molar-refractivity contribution in [2.45, 2.75) is 12.8 Å². The van der Waals surface area contributed by atoms with E-state index in [0.717, 1.165) is 0 Å². The van der Waals surface area contributed by atoms with E-state index in [0.29, 0.717) is 12.1 Å². The molecule has 0 saturated carbocycles. The minimum Gasteiger partial charge on any atom is -0.390 e. The lowest BCUT2D eigenvalue weighted by molar-refractivity contribution is -0.141. The van der Waals surface area contributed by atoms with Crippen molar-refractivity contribution in [1.29, 1.82) is 0 Å². The van der Waals surface area contributed by atoms with Gasteiger partial charge in [0.2, 0.25) is 0 Å². The zero-order valence-corrected chi connectivity index (χ0v) is 6.27. The Labute approximate surface area is 70.8 Å². The van der Waals surface area contributed by atoms with Gasteiger partial charge in [0.25, 0.3) is 0 Å². The average molecular weight is 195 g/mol. The second-order valence-electron chi connectivity index (χ2n) is 2.28. The normalized spacial score (nSPS) is 11.8. The van der Waals surface area contributed by atoms with Crippen LogP contribution in [0.3, 0.4) is 0 Å². The molecule has 0 amide bonds. The zero-order valence-electron chi connectivity index (χ0n) is 6.27. The predicted octanol–water partition coefficient (Wildman–Crippen LogP) is 1.73. The third kappa shape index (κ3) is 2.15. The molecular weight excluding hydrogens is 190 g/mol. The number of aromatic nitrogens is 1. The number of aliphatic hydroxyl groups excluding tert-OH is 1. The molecule has 0 saturated heterocycles. The summed E-state index contributed by atoms with van der Waals surface area (Å²) in [6.45, 7) is -0.851. The molecule has 0 unspecified atom stereocenters. The molecule has 1 aromatic heterocycles. The molecule has 0 aliphatic rings. The van der Waals surface area contributed by atoms with E-state index in [1.165, 1.54) is 0 Å². The summed E-state index contributed by atoms with van der Waals surface area (Å²) in [5, 5.41) is 8.44. The summed E-state index contributed by atoms with van der Waals surface area (Å²) in [5.41, 5.74) is -1.81. The van der Waals surface area contributed by atoms with Gasteiger partial charge < -0.3 is 5.11 Å². The molecular formula is C7H5F4NO. The Morgan fingerprint density at radius 3 is 2.38 bits per heavy atom. The Hall–Kier alpha value is -1.17. The Bertz CT molecular complexity index is 310. The molecule has 2 nitrogen and oxygen atoms in total. The lowest BCUT2D eigenvalue weighted by Crippen LogP contribution is -2.10. The van der Waals surface area contributed by atoms with E-state index in [9.17, 15) is 17.6 Å². The number of aliphatic hydroxyl groups is 1. The molecule has 0 bridgehead atoms. The van der Waals surface area contributed by atoms with Gasteiger partial charge >= 0.3 is 6.18 Å². The first-order chi connectivity index (χ1) is 5.95. The molecule has 1 N–H and O–H groups in total. The van der Waals surface area contributed by atoms with Crippen molar-refractivity contribution in [3.8, 4) is 0 Å². The number of rotatable bonds is 1. The maximum Gasteiger partial charge on any atom is 0.433 e. The van der Waals surface area contributed by atoms with Crippen LogP contribution in [0.15, 0.2) is 12.1 Å². The molecule has 1 aromatic rings. The zero-order chi connectivity index (χ0) is 10.1. The summed E-state index contributed by atoms with van der Waals surface area (Å²) in [7, 11) is 0. The molecule has 6 heteroatoms. The summed E-state index contributed by atoms with van der Waals surface area (Å²) in [6, 6.07) is 1.15. The number of hydrogen-bond donors (Lipinski definition) is 1. The molecule has 0 aromatic carbocycles. The molecule has 72 valence electrons. The fourth-order valence-corrected chi connectivity index (χ4v) is 0.753. The van der Waals surface area contributed by atoms with E-state index in [-0.39, 0.29) is 0 Å². The quantitative estimate of drug-likeness (QED) is 0.692. The van der Waals surface area contributed by atoms with Crippen molar-refractivity contribution in [2.75, 3.05) is 0 Å².